The van der Waals surface area contributed by atoms with Gasteiger partial charge in [-0.1, -0.05) is 19.9 Å². The van der Waals surface area contributed by atoms with E-state index in [1.165, 1.54) is 16.8 Å². The molecule has 0 saturated heterocycles. The van der Waals surface area contributed by atoms with Crippen molar-refractivity contribution in [3.05, 3.63) is 29.1 Å². The number of nitrogens with one attached hydrogen (secondary N) is 1. The summed E-state index contributed by atoms with van der Waals surface area (Å²) in [6.45, 7) is 6.48. The van der Waals surface area contributed by atoms with Crippen LogP contribution < -0.4 is 5.32 Å². The van der Waals surface area contributed by atoms with E-state index >= 15 is 0 Å². The van der Waals surface area contributed by atoms with Crippen LogP contribution in [-0.2, 0) is 13.0 Å². The number of fused-ring (bicyclic) bond motifs is 1. The van der Waals surface area contributed by atoms with Gasteiger partial charge in [-0.05, 0) is 17.0 Å². The van der Waals surface area contributed by atoms with Crippen molar-refractivity contribution >= 4 is 0 Å². The molecular formula is C11H18N2. The lowest BCUT2D eigenvalue weighted by molar-refractivity contribution is 0.627. The number of hydrogen-bond acceptors (Lipinski definition) is 2. The van der Waals surface area contributed by atoms with Crippen LogP contribution in [0, 0.1) is 0 Å². The van der Waals surface area contributed by atoms with Crippen molar-refractivity contribution in [1.82, 2.24) is 10.3 Å². The molecule has 0 spiro atoms. The molecule has 2 heterocycles. The van der Waals surface area contributed by atoms with E-state index in [1.54, 1.807) is 0 Å². The number of hydrogen-bond donors (Lipinski definition) is 1. The molecule has 1 aromatic rings. The molecule has 2 heteroatoms. The van der Waals surface area contributed by atoms with Gasteiger partial charge < -0.3 is 5.32 Å². The highest BCUT2D eigenvalue weighted by Crippen LogP contribution is 2.18. The van der Waals surface area contributed by atoms with Gasteiger partial charge in [-0.15, -0.1) is 0 Å². The summed E-state index contributed by atoms with van der Waals surface area (Å²) in [5.74, 6) is 0.583. The van der Waals surface area contributed by atoms with Crippen LogP contribution in [0.5, 0.6) is 0 Å². The third kappa shape index (κ3) is 1.73. The van der Waals surface area contributed by atoms with Crippen molar-refractivity contribution in [3.8, 4) is 0 Å². The van der Waals surface area contributed by atoms with Crippen molar-refractivity contribution in [3.63, 3.8) is 0 Å². The van der Waals surface area contributed by atoms with Crippen LogP contribution in [0.15, 0.2) is 12.3 Å². The zero-order valence-electron chi connectivity index (χ0n) is 8.30. The highest BCUT2D eigenvalue weighted by Gasteiger charge is 2.10. The largest absolute Gasteiger partial charge is 0.312 e. The van der Waals surface area contributed by atoms with E-state index in [-0.39, 0.29) is 1.43 Å². The summed E-state index contributed by atoms with van der Waals surface area (Å²) in [6, 6.07) is 2.29. The van der Waals surface area contributed by atoms with E-state index in [0.717, 1.165) is 19.5 Å². The molecule has 0 saturated carbocycles. The monoisotopic (exact) mass is 178 g/mol. The maximum Gasteiger partial charge on any atom is 0.0461 e. The van der Waals surface area contributed by atoms with Crippen molar-refractivity contribution < 1.29 is 1.43 Å². The minimum Gasteiger partial charge on any atom is -0.312 e. The fourth-order valence-corrected chi connectivity index (χ4v) is 1.68. The first-order valence-electron chi connectivity index (χ1n) is 4.96. The van der Waals surface area contributed by atoms with Gasteiger partial charge in [0.25, 0.3) is 0 Å². The maximum atomic E-state index is 4.50. The van der Waals surface area contributed by atoms with Gasteiger partial charge in [0.2, 0.25) is 0 Å². The predicted octanol–water partition coefficient (Wildman–Crippen LogP) is 2.10. The molecule has 1 aromatic heterocycles. The van der Waals surface area contributed by atoms with Crippen LogP contribution in [0.1, 0.15) is 38.0 Å². The number of aromatic nitrogens is 1. The quantitative estimate of drug-likeness (QED) is 0.712. The smallest absolute Gasteiger partial charge is 0.0461 e. The first-order valence-corrected chi connectivity index (χ1v) is 4.96. The Morgan fingerprint density at radius 1 is 1.54 bits per heavy atom. The molecule has 0 aromatic carbocycles. The molecule has 0 fully saturated rings. The lowest BCUT2D eigenvalue weighted by Gasteiger charge is -2.17. The Kier molecular flexibility index (Phi) is 2.32. The van der Waals surface area contributed by atoms with Gasteiger partial charge in [-0.25, -0.2) is 0 Å². The van der Waals surface area contributed by atoms with Crippen molar-refractivity contribution in [1.29, 1.82) is 0 Å². The summed E-state index contributed by atoms with van der Waals surface area (Å²) in [5.41, 5.74) is 4.02. The maximum absolute atomic E-state index is 4.50. The van der Waals surface area contributed by atoms with Gasteiger partial charge in [-0.3, -0.25) is 4.98 Å². The second-order valence-electron chi connectivity index (χ2n) is 3.96. The lowest BCUT2D eigenvalue weighted by atomic mass is 10.00. The summed E-state index contributed by atoms with van der Waals surface area (Å²) >= 11 is 0. The lowest BCUT2D eigenvalue weighted by Crippen LogP contribution is -2.24. The Balaban J connectivity index is 0.000000980. The Morgan fingerprint density at radius 3 is 3.15 bits per heavy atom. The Bertz CT molecular complexity index is 310. The first kappa shape index (κ1) is 8.70. The van der Waals surface area contributed by atoms with Crippen LogP contribution in [0.25, 0.3) is 0 Å². The summed E-state index contributed by atoms with van der Waals surface area (Å²) in [4.78, 5) is 4.50. The molecule has 0 unspecified atom stereocenters. The standard InChI is InChI=1S/C11H16N2.H2/c1-8(2)9-5-10-6-12-4-3-11(10)13-7-9;/h5,7-8,12H,3-4,6H2,1-2H3;1H. The molecule has 1 aliphatic rings. The Labute approximate surface area is 80.9 Å². The van der Waals surface area contributed by atoms with E-state index in [0.29, 0.717) is 5.92 Å². The van der Waals surface area contributed by atoms with E-state index in [2.05, 4.69) is 30.2 Å². The Hall–Kier alpha value is -0.890. The molecule has 1 aliphatic heterocycles. The molecule has 0 amide bonds. The van der Waals surface area contributed by atoms with Gasteiger partial charge in [-0.2, -0.15) is 0 Å². The van der Waals surface area contributed by atoms with Crippen LogP contribution in [-0.4, -0.2) is 11.5 Å². The fourth-order valence-electron chi connectivity index (χ4n) is 1.68. The SMILES string of the molecule is CC(C)c1cnc2c(c1)CNCC2.[HH]. The molecule has 72 valence electrons. The first-order chi connectivity index (χ1) is 6.27. The van der Waals surface area contributed by atoms with Gasteiger partial charge in [0.1, 0.15) is 0 Å². The zero-order valence-corrected chi connectivity index (χ0v) is 8.30. The average Bonchev–Trinajstić information content (AvgIpc) is 2.17. The third-order valence-electron chi connectivity index (χ3n) is 2.60. The predicted molar refractivity (Wildman–Crippen MR) is 55.9 cm³/mol. The molecule has 2 rings (SSSR count). The minimum atomic E-state index is 0. The van der Waals surface area contributed by atoms with Gasteiger partial charge in [0, 0.05) is 32.8 Å². The van der Waals surface area contributed by atoms with Gasteiger partial charge in [0.05, 0.1) is 0 Å². The highest BCUT2D eigenvalue weighted by molar-refractivity contribution is 5.28. The molecule has 2 nitrogen and oxygen atoms in total. The zero-order chi connectivity index (χ0) is 9.26. The van der Waals surface area contributed by atoms with Crippen molar-refractivity contribution in [2.24, 2.45) is 0 Å². The highest BCUT2D eigenvalue weighted by atomic mass is 14.9. The van der Waals surface area contributed by atoms with E-state index in [4.69, 9.17) is 0 Å². The number of nitrogens with zero attached hydrogens (tertiary/aromatic N) is 1. The van der Waals surface area contributed by atoms with E-state index in [9.17, 15) is 0 Å². The summed E-state index contributed by atoms with van der Waals surface area (Å²) in [6.07, 6.45) is 3.10. The van der Waals surface area contributed by atoms with Crippen LogP contribution in [0.2, 0.25) is 0 Å². The normalized spacial score (nSPS) is 15.9. The topological polar surface area (TPSA) is 24.9 Å². The molecule has 0 bridgehead atoms. The summed E-state index contributed by atoms with van der Waals surface area (Å²) in [5, 5.41) is 3.37. The second kappa shape index (κ2) is 3.46. The van der Waals surface area contributed by atoms with Crippen molar-refractivity contribution in [2.75, 3.05) is 6.54 Å². The van der Waals surface area contributed by atoms with Crippen LogP contribution in [0.4, 0.5) is 0 Å². The molecule has 0 radical (unpaired) electrons. The third-order valence-corrected chi connectivity index (χ3v) is 2.60. The molecule has 1 N–H and O–H groups in total. The van der Waals surface area contributed by atoms with Crippen LogP contribution in [0.3, 0.4) is 0 Å². The molecule has 0 aliphatic carbocycles. The van der Waals surface area contributed by atoms with E-state index < -0.39 is 0 Å². The number of rotatable bonds is 1. The fraction of sp³-hybridized carbons (Fsp3) is 0.545. The second-order valence-corrected chi connectivity index (χ2v) is 3.96. The average molecular weight is 178 g/mol. The molecule has 13 heavy (non-hydrogen) atoms. The van der Waals surface area contributed by atoms with E-state index in [1.807, 2.05) is 6.20 Å². The summed E-state index contributed by atoms with van der Waals surface area (Å²) < 4.78 is 0. The van der Waals surface area contributed by atoms with Gasteiger partial charge in [0.15, 0.2) is 0 Å². The minimum absolute atomic E-state index is 0. The summed E-state index contributed by atoms with van der Waals surface area (Å²) in [7, 11) is 0. The molecule has 0 atom stereocenters. The van der Waals surface area contributed by atoms with Crippen molar-refractivity contribution in [2.45, 2.75) is 32.7 Å². The Morgan fingerprint density at radius 2 is 2.38 bits per heavy atom. The van der Waals surface area contributed by atoms with Crippen LogP contribution >= 0.6 is 0 Å². The number of pyridine rings is 1. The van der Waals surface area contributed by atoms with Gasteiger partial charge >= 0.3 is 0 Å². The molecular weight excluding hydrogens is 160 g/mol.